The fraction of sp³-hybridized carbons (Fsp3) is 0.312. The van der Waals surface area contributed by atoms with Crippen molar-refractivity contribution in [3.8, 4) is 0 Å². The van der Waals surface area contributed by atoms with Crippen LogP contribution in [0.5, 0.6) is 0 Å². The second-order valence-corrected chi connectivity index (χ2v) is 6.00. The topological polar surface area (TPSA) is 38.9 Å². The Kier molecular flexibility index (Phi) is 4.15. The molecule has 2 N–H and O–H groups in total. The van der Waals surface area contributed by atoms with Gasteiger partial charge in [0, 0.05) is 22.5 Å². The summed E-state index contributed by atoms with van der Waals surface area (Å²) < 4.78 is 0. The quantitative estimate of drug-likeness (QED) is 0.851. The van der Waals surface area contributed by atoms with Crippen molar-refractivity contribution >= 4 is 17.4 Å². The van der Waals surface area contributed by atoms with Crippen LogP contribution in [0.15, 0.2) is 29.3 Å². The lowest BCUT2D eigenvalue weighted by Crippen LogP contribution is -2.00. The largest absolute Gasteiger partial charge is 0.398 e. The minimum atomic E-state index is 0.862. The van der Waals surface area contributed by atoms with Gasteiger partial charge in [-0.2, -0.15) is 0 Å². The lowest BCUT2D eigenvalue weighted by atomic mass is 10.1. The van der Waals surface area contributed by atoms with Crippen molar-refractivity contribution in [2.75, 3.05) is 5.73 Å². The maximum atomic E-state index is 6.06. The SMILES string of the molecule is Cc1ccc(C)c(SCc2ncc(C)c(N)c2C)c1. The first kappa shape index (κ1) is 13.9. The highest BCUT2D eigenvalue weighted by Crippen LogP contribution is 2.29. The van der Waals surface area contributed by atoms with E-state index >= 15 is 0 Å². The summed E-state index contributed by atoms with van der Waals surface area (Å²) in [5, 5.41) is 0. The van der Waals surface area contributed by atoms with E-state index in [1.165, 1.54) is 16.0 Å². The van der Waals surface area contributed by atoms with E-state index in [4.69, 9.17) is 5.73 Å². The third kappa shape index (κ3) is 3.10. The minimum Gasteiger partial charge on any atom is -0.398 e. The smallest absolute Gasteiger partial charge is 0.0556 e. The van der Waals surface area contributed by atoms with Crippen molar-refractivity contribution in [3.63, 3.8) is 0 Å². The Balaban J connectivity index is 2.19. The molecule has 0 atom stereocenters. The predicted octanol–water partition coefficient (Wildman–Crippen LogP) is 4.19. The van der Waals surface area contributed by atoms with Gasteiger partial charge < -0.3 is 5.73 Å². The molecule has 0 fully saturated rings. The van der Waals surface area contributed by atoms with Gasteiger partial charge in [-0.05, 0) is 50.5 Å². The Morgan fingerprint density at radius 1 is 1.11 bits per heavy atom. The molecule has 1 aromatic heterocycles. The molecule has 1 aromatic carbocycles. The molecule has 2 rings (SSSR count). The molecule has 0 saturated heterocycles. The molecule has 0 aliphatic heterocycles. The molecule has 0 saturated carbocycles. The first-order valence-electron chi connectivity index (χ1n) is 6.39. The van der Waals surface area contributed by atoms with Gasteiger partial charge in [-0.15, -0.1) is 11.8 Å². The standard InChI is InChI=1S/C16H20N2S/c1-10-5-6-11(2)15(7-10)19-9-14-13(4)16(17)12(3)8-18-14/h5-8H,9H2,1-4H3,(H2,17,18). The van der Waals surface area contributed by atoms with Gasteiger partial charge in [-0.25, -0.2) is 0 Å². The lowest BCUT2D eigenvalue weighted by Gasteiger charge is -2.11. The van der Waals surface area contributed by atoms with E-state index in [2.05, 4.69) is 37.0 Å². The number of benzene rings is 1. The lowest BCUT2D eigenvalue weighted by molar-refractivity contribution is 1.11. The number of aryl methyl sites for hydroxylation is 3. The Morgan fingerprint density at radius 3 is 2.58 bits per heavy atom. The Hall–Kier alpha value is -1.48. The number of aromatic nitrogens is 1. The monoisotopic (exact) mass is 272 g/mol. The summed E-state index contributed by atoms with van der Waals surface area (Å²) in [7, 11) is 0. The molecule has 2 nitrogen and oxygen atoms in total. The average molecular weight is 272 g/mol. The summed E-state index contributed by atoms with van der Waals surface area (Å²) in [5.74, 6) is 0.862. The van der Waals surface area contributed by atoms with Crippen LogP contribution >= 0.6 is 11.8 Å². The normalized spacial score (nSPS) is 10.7. The van der Waals surface area contributed by atoms with Crippen molar-refractivity contribution in [3.05, 3.63) is 52.3 Å². The highest BCUT2D eigenvalue weighted by molar-refractivity contribution is 7.98. The zero-order valence-electron chi connectivity index (χ0n) is 11.9. The van der Waals surface area contributed by atoms with Gasteiger partial charge in [0.25, 0.3) is 0 Å². The highest BCUT2D eigenvalue weighted by Gasteiger charge is 2.07. The van der Waals surface area contributed by atoms with E-state index in [1.54, 1.807) is 0 Å². The number of rotatable bonds is 3. The van der Waals surface area contributed by atoms with Crippen LogP contribution in [0.3, 0.4) is 0 Å². The molecule has 0 amide bonds. The maximum Gasteiger partial charge on any atom is 0.0556 e. The molecule has 0 unspecified atom stereocenters. The second kappa shape index (κ2) is 5.66. The number of nitrogens with two attached hydrogens (primary N) is 1. The highest BCUT2D eigenvalue weighted by atomic mass is 32.2. The molecule has 19 heavy (non-hydrogen) atoms. The molecule has 100 valence electrons. The Labute approximate surface area is 119 Å². The maximum absolute atomic E-state index is 6.06. The molecule has 0 aliphatic carbocycles. The number of thioether (sulfide) groups is 1. The zero-order valence-corrected chi connectivity index (χ0v) is 12.8. The number of nitrogens with zero attached hydrogens (tertiary/aromatic N) is 1. The number of hydrogen-bond donors (Lipinski definition) is 1. The molecule has 1 heterocycles. The van der Waals surface area contributed by atoms with Crippen molar-refractivity contribution in [2.24, 2.45) is 0 Å². The average Bonchev–Trinajstić information content (AvgIpc) is 2.39. The summed E-state index contributed by atoms with van der Waals surface area (Å²) in [6, 6.07) is 6.54. The molecule has 2 aromatic rings. The van der Waals surface area contributed by atoms with E-state index in [1.807, 2.05) is 31.8 Å². The molecule has 0 bridgehead atoms. The van der Waals surface area contributed by atoms with Crippen LogP contribution in [-0.2, 0) is 5.75 Å². The Bertz CT molecular complexity index is 606. The van der Waals surface area contributed by atoms with Gasteiger partial charge in [-0.3, -0.25) is 4.98 Å². The summed E-state index contributed by atoms with van der Waals surface area (Å²) in [5.41, 5.74) is 12.8. The van der Waals surface area contributed by atoms with Gasteiger partial charge >= 0.3 is 0 Å². The van der Waals surface area contributed by atoms with Crippen LogP contribution in [0.2, 0.25) is 0 Å². The van der Waals surface area contributed by atoms with E-state index in [9.17, 15) is 0 Å². The summed E-state index contributed by atoms with van der Waals surface area (Å²) >= 11 is 1.82. The van der Waals surface area contributed by atoms with E-state index < -0.39 is 0 Å². The van der Waals surface area contributed by atoms with Gasteiger partial charge in [-0.1, -0.05) is 17.7 Å². The van der Waals surface area contributed by atoms with Crippen molar-refractivity contribution in [1.29, 1.82) is 0 Å². The first-order chi connectivity index (χ1) is 8.99. The van der Waals surface area contributed by atoms with Gasteiger partial charge in [0.2, 0.25) is 0 Å². The third-order valence-corrected chi connectivity index (χ3v) is 4.55. The van der Waals surface area contributed by atoms with Gasteiger partial charge in [0.05, 0.1) is 5.69 Å². The fourth-order valence-corrected chi connectivity index (χ4v) is 3.09. The van der Waals surface area contributed by atoms with Crippen LogP contribution in [-0.4, -0.2) is 4.98 Å². The summed E-state index contributed by atoms with van der Waals surface area (Å²) in [6.07, 6.45) is 1.86. The van der Waals surface area contributed by atoms with Crippen LogP contribution in [0, 0.1) is 27.7 Å². The third-order valence-electron chi connectivity index (χ3n) is 3.38. The van der Waals surface area contributed by atoms with Crippen LogP contribution in [0.1, 0.15) is 27.9 Å². The summed E-state index contributed by atoms with van der Waals surface area (Å²) in [4.78, 5) is 5.82. The van der Waals surface area contributed by atoms with Crippen LogP contribution in [0.4, 0.5) is 5.69 Å². The number of nitrogen functional groups attached to an aromatic ring is 1. The van der Waals surface area contributed by atoms with E-state index in [-0.39, 0.29) is 0 Å². The number of hydrogen-bond acceptors (Lipinski definition) is 3. The van der Waals surface area contributed by atoms with E-state index in [0.29, 0.717) is 0 Å². The molecule has 0 aliphatic rings. The fourth-order valence-electron chi connectivity index (χ4n) is 1.95. The second-order valence-electron chi connectivity index (χ2n) is 4.98. The zero-order chi connectivity index (χ0) is 14.0. The van der Waals surface area contributed by atoms with Crippen LogP contribution in [0.25, 0.3) is 0 Å². The molecular formula is C16H20N2S. The minimum absolute atomic E-state index is 0.862. The van der Waals surface area contributed by atoms with Gasteiger partial charge in [0.15, 0.2) is 0 Å². The predicted molar refractivity (Wildman–Crippen MR) is 83.6 cm³/mol. The van der Waals surface area contributed by atoms with Crippen LogP contribution < -0.4 is 5.73 Å². The number of pyridine rings is 1. The molecule has 3 heteroatoms. The number of anilines is 1. The Morgan fingerprint density at radius 2 is 1.84 bits per heavy atom. The first-order valence-corrected chi connectivity index (χ1v) is 7.38. The van der Waals surface area contributed by atoms with E-state index in [0.717, 1.165) is 28.3 Å². The molecule has 0 spiro atoms. The van der Waals surface area contributed by atoms with Gasteiger partial charge in [0.1, 0.15) is 0 Å². The van der Waals surface area contributed by atoms with Crippen molar-refractivity contribution < 1.29 is 0 Å². The molecule has 0 radical (unpaired) electrons. The van der Waals surface area contributed by atoms with Crippen molar-refractivity contribution in [1.82, 2.24) is 4.98 Å². The van der Waals surface area contributed by atoms with Crippen molar-refractivity contribution in [2.45, 2.75) is 38.3 Å². The summed E-state index contributed by atoms with van der Waals surface area (Å²) in [6.45, 7) is 8.31. The molecular weight excluding hydrogens is 252 g/mol.